The van der Waals surface area contributed by atoms with Gasteiger partial charge in [-0.2, -0.15) is 5.10 Å². The number of tetrazole rings is 1. The molecule has 1 saturated heterocycles. The molecule has 9 nitrogen and oxygen atoms in total. The maximum Gasteiger partial charge on any atom is 0.224 e. The topological polar surface area (TPSA) is 93.8 Å². The van der Waals surface area contributed by atoms with Gasteiger partial charge in [-0.3, -0.25) is 9.48 Å². The number of hydrogen-bond acceptors (Lipinski definition) is 6. The SMILES string of the molecule is Cc1nn(C)c(C)c1[C@H]1[C@H](NCc2nnnn2C(C)C)CC(=O)N1C. The van der Waals surface area contributed by atoms with Crippen molar-refractivity contribution in [1.82, 2.24) is 40.2 Å². The number of aromatic nitrogens is 6. The third-order valence-electron chi connectivity index (χ3n) is 5.02. The lowest BCUT2D eigenvalue weighted by Crippen LogP contribution is -2.36. The first-order valence-electron chi connectivity index (χ1n) is 8.57. The first kappa shape index (κ1) is 17.5. The summed E-state index contributed by atoms with van der Waals surface area (Å²) in [4.78, 5) is 14.2. The lowest BCUT2D eigenvalue weighted by molar-refractivity contribution is -0.127. The Kier molecular flexibility index (Phi) is 4.59. The summed E-state index contributed by atoms with van der Waals surface area (Å²) < 4.78 is 3.67. The Hall–Kier alpha value is -2.29. The van der Waals surface area contributed by atoms with E-state index in [9.17, 15) is 4.79 Å². The zero-order valence-electron chi connectivity index (χ0n) is 15.7. The zero-order valence-corrected chi connectivity index (χ0v) is 15.7. The van der Waals surface area contributed by atoms with Crippen LogP contribution in [0, 0.1) is 13.8 Å². The van der Waals surface area contributed by atoms with E-state index in [1.165, 1.54) is 0 Å². The summed E-state index contributed by atoms with van der Waals surface area (Å²) in [6.07, 6.45) is 0.457. The lowest BCUT2D eigenvalue weighted by atomic mass is 9.98. The average molecular weight is 346 g/mol. The van der Waals surface area contributed by atoms with Gasteiger partial charge in [0.2, 0.25) is 5.91 Å². The Morgan fingerprint density at radius 1 is 1.28 bits per heavy atom. The van der Waals surface area contributed by atoms with Gasteiger partial charge in [-0.1, -0.05) is 0 Å². The van der Waals surface area contributed by atoms with Crippen LogP contribution in [-0.4, -0.2) is 53.9 Å². The van der Waals surface area contributed by atoms with Gasteiger partial charge in [-0.05, 0) is 38.1 Å². The van der Waals surface area contributed by atoms with Crippen LogP contribution < -0.4 is 5.32 Å². The van der Waals surface area contributed by atoms with E-state index in [-0.39, 0.29) is 24.0 Å². The molecule has 2 atom stereocenters. The number of hydrogen-bond donors (Lipinski definition) is 1. The second-order valence-corrected chi connectivity index (χ2v) is 6.98. The fourth-order valence-electron chi connectivity index (χ4n) is 3.62. The number of likely N-dealkylation sites (tertiary alicyclic amines) is 1. The third-order valence-corrected chi connectivity index (χ3v) is 5.02. The number of nitrogens with zero attached hydrogens (tertiary/aromatic N) is 7. The standard InChI is InChI=1S/C16H26N8O/c1-9(2)24-13(18-20-21-24)8-17-12-7-14(25)22(5)16(12)15-10(3)19-23(6)11(15)4/h9,12,16-17H,7-8H2,1-6H3/t12-,16-/m1/s1. The van der Waals surface area contributed by atoms with Gasteiger partial charge >= 0.3 is 0 Å². The maximum atomic E-state index is 12.3. The van der Waals surface area contributed by atoms with E-state index in [2.05, 4.69) is 25.9 Å². The number of aryl methyl sites for hydroxylation is 2. The van der Waals surface area contributed by atoms with E-state index >= 15 is 0 Å². The number of likely N-dealkylation sites (N-methyl/N-ethyl adjacent to an activating group) is 1. The molecule has 2 aromatic heterocycles. The Bertz CT molecular complexity index is 777. The molecule has 3 heterocycles. The quantitative estimate of drug-likeness (QED) is 0.855. The highest BCUT2D eigenvalue weighted by atomic mass is 16.2. The number of nitrogens with one attached hydrogen (secondary N) is 1. The van der Waals surface area contributed by atoms with Crippen molar-refractivity contribution in [2.75, 3.05) is 7.05 Å². The van der Waals surface area contributed by atoms with Crippen molar-refractivity contribution in [2.24, 2.45) is 7.05 Å². The molecular weight excluding hydrogens is 320 g/mol. The first-order chi connectivity index (χ1) is 11.8. The van der Waals surface area contributed by atoms with Crippen LogP contribution in [-0.2, 0) is 18.4 Å². The van der Waals surface area contributed by atoms with Crippen LogP contribution in [0.25, 0.3) is 0 Å². The first-order valence-corrected chi connectivity index (χ1v) is 8.57. The van der Waals surface area contributed by atoms with Gasteiger partial charge < -0.3 is 10.2 Å². The molecule has 1 aliphatic rings. The van der Waals surface area contributed by atoms with Crippen molar-refractivity contribution in [1.29, 1.82) is 0 Å². The summed E-state index contributed by atoms with van der Waals surface area (Å²) in [7, 11) is 3.79. The van der Waals surface area contributed by atoms with Crippen LogP contribution >= 0.6 is 0 Å². The molecule has 0 bridgehead atoms. The second-order valence-electron chi connectivity index (χ2n) is 6.98. The van der Waals surface area contributed by atoms with E-state index in [1.807, 2.05) is 51.4 Å². The Morgan fingerprint density at radius 3 is 2.60 bits per heavy atom. The highest BCUT2D eigenvalue weighted by Crippen LogP contribution is 2.35. The molecular formula is C16H26N8O. The van der Waals surface area contributed by atoms with Crippen molar-refractivity contribution in [3.63, 3.8) is 0 Å². The molecule has 1 N–H and O–H groups in total. The summed E-state index contributed by atoms with van der Waals surface area (Å²) in [6, 6.07) is 0.152. The van der Waals surface area contributed by atoms with Crippen LogP contribution in [0.15, 0.2) is 0 Å². The van der Waals surface area contributed by atoms with Crippen molar-refractivity contribution >= 4 is 5.91 Å². The highest BCUT2D eigenvalue weighted by molar-refractivity contribution is 5.80. The lowest BCUT2D eigenvalue weighted by Gasteiger charge is -2.26. The van der Waals surface area contributed by atoms with Gasteiger partial charge in [-0.25, -0.2) is 4.68 Å². The number of rotatable bonds is 5. The molecule has 0 aliphatic carbocycles. The minimum atomic E-state index is -0.0374. The Balaban J connectivity index is 1.84. The molecule has 0 spiro atoms. The van der Waals surface area contributed by atoms with Gasteiger partial charge in [0.25, 0.3) is 0 Å². The molecule has 0 radical (unpaired) electrons. The number of amides is 1. The smallest absolute Gasteiger partial charge is 0.224 e. The monoisotopic (exact) mass is 346 g/mol. The Labute approximate surface area is 147 Å². The van der Waals surface area contributed by atoms with E-state index < -0.39 is 0 Å². The summed E-state index contributed by atoms with van der Waals surface area (Å²) in [5, 5.41) is 19.9. The van der Waals surface area contributed by atoms with Crippen molar-refractivity contribution in [3.8, 4) is 0 Å². The molecule has 0 unspecified atom stereocenters. The molecule has 1 fully saturated rings. The largest absolute Gasteiger partial charge is 0.337 e. The van der Waals surface area contributed by atoms with E-state index in [1.54, 1.807) is 4.68 Å². The zero-order chi connectivity index (χ0) is 18.3. The van der Waals surface area contributed by atoms with Crippen LogP contribution in [0.4, 0.5) is 0 Å². The molecule has 0 saturated carbocycles. The van der Waals surface area contributed by atoms with Gasteiger partial charge in [-0.15, -0.1) is 5.10 Å². The number of carbonyl (C=O) groups is 1. The van der Waals surface area contributed by atoms with Gasteiger partial charge in [0.15, 0.2) is 5.82 Å². The number of carbonyl (C=O) groups excluding carboxylic acids is 1. The molecule has 25 heavy (non-hydrogen) atoms. The minimum Gasteiger partial charge on any atom is -0.337 e. The predicted octanol–water partition coefficient (Wildman–Crippen LogP) is 0.666. The summed E-state index contributed by atoms with van der Waals surface area (Å²) >= 11 is 0. The van der Waals surface area contributed by atoms with Crippen molar-refractivity contribution in [2.45, 2.75) is 58.8 Å². The van der Waals surface area contributed by atoms with Gasteiger partial charge in [0, 0.05) is 37.8 Å². The average Bonchev–Trinajstić information content (AvgIpc) is 3.19. The van der Waals surface area contributed by atoms with Gasteiger partial charge in [0.05, 0.1) is 24.3 Å². The van der Waals surface area contributed by atoms with E-state index in [0.717, 1.165) is 22.8 Å². The third kappa shape index (κ3) is 3.04. The van der Waals surface area contributed by atoms with E-state index in [0.29, 0.717) is 13.0 Å². The maximum absolute atomic E-state index is 12.3. The summed E-state index contributed by atoms with van der Waals surface area (Å²) in [5.41, 5.74) is 3.17. The van der Waals surface area contributed by atoms with Gasteiger partial charge in [0.1, 0.15) is 0 Å². The van der Waals surface area contributed by atoms with Crippen LogP contribution in [0.3, 0.4) is 0 Å². The predicted molar refractivity (Wildman–Crippen MR) is 91.6 cm³/mol. The van der Waals surface area contributed by atoms with Crippen LogP contribution in [0.5, 0.6) is 0 Å². The summed E-state index contributed by atoms with van der Waals surface area (Å²) in [5.74, 6) is 0.906. The van der Waals surface area contributed by atoms with Crippen molar-refractivity contribution in [3.05, 3.63) is 22.8 Å². The summed E-state index contributed by atoms with van der Waals surface area (Å²) in [6.45, 7) is 8.64. The molecule has 0 aromatic carbocycles. The molecule has 1 aliphatic heterocycles. The fraction of sp³-hybridized carbons (Fsp3) is 0.688. The molecule has 136 valence electrons. The highest BCUT2D eigenvalue weighted by Gasteiger charge is 2.41. The van der Waals surface area contributed by atoms with Crippen LogP contribution in [0.1, 0.15) is 55.1 Å². The normalized spacial score (nSPS) is 20.9. The molecule has 1 amide bonds. The fourth-order valence-corrected chi connectivity index (χ4v) is 3.62. The van der Waals surface area contributed by atoms with Crippen LogP contribution in [0.2, 0.25) is 0 Å². The molecule has 3 rings (SSSR count). The minimum absolute atomic E-state index is 0.00332. The molecule has 9 heteroatoms. The Morgan fingerprint density at radius 2 is 2.00 bits per heavy atom. The van der Waals surface area contributed by atoms with Crippen molar-refractivity contribution < 1.29 is 4.79 Å². The second kappa shape index (κ2) is 6.55. The molecule has 2 aromatic rings. The van der Waals surface area contributed by atoms with E-state index in [4.69, 9.17) is 0 Å².